The first-order valence-corrected chi connectivity index (χ1v) is 11.3. The highest BCUT2D eigenvalue weighted by Crippen LogP contribution is 2.27. The van der Waals surface area contributed by atoms with Gasteiger partial charge in [0.25, 0.3) is 5.91 Å². The predicted molar refractivity (Wildman–Crippen MR) is 130 cm³/mol. The molecule has 0 saturated carbocycles. The highest BCUT2D eigenvalue weighted by molar-refractivity contribution is 6.00. The second-order valence-electron chi connectivity index (χ2n) is 8.26. The lowest BCUT2D eigenvalue weighted by molar-refractivity contribution is -0.140. The number of rotatable bonds is 9. The Morgan fingerprint density at radius 3 is 2.06 bits per heavy atom. The van der Waals surface area contributed by atoms with E-state index in [2.05, 4.69) is 34.6 Å². The van der Waals surface area contributed by atoms with Gasteiger partial charge in [0.2, 0.25) is 5.91 Å². The third-order valence-corrected chi connectivity index (χ3v) is 6.15. The average molecular weight is 457 g/mol. The topological polar surface area (TPSA) is 96.3 Å². The molecule has 7 heteroatoms. The van der Waals surface area contributed by atoms with E-state index in [4.69, 9.17) is 0 Å². The monoisotopic (exact) mass is 456 g/mol. The Balaban J connectivity index is 1.47. The quantitative estimate of drug-likeness (QED) is 0.204. The Morgan fingerprint density at radius 1 is 0.882 bits per heavy atom. The maximum absolute atomic E-state index is 13.0. The van der Waals surface area contributed by atoms with Crippen LogP contribution < -0.4 is 10.8 Å². The van der Waals surface area contributed by atoms with E-state index in [9.17, 15) is 14.8 Å². The molecule has 0 fully saturated rings. The van der Waals surface area contributed by atoms with Crippen molar-refractivity contribution in [1.82, 2.24) is 20.3 Å². The Bertz CT molecular complexity index is 1220. The second-order valence-corrected chi connectivity index (χ2v) is 8.26. The van der Waals surface area contributed by atoms with E-state index >= 15 is 0 Å². The van der Waals surface area contributed by atoms with Crippen molar-refractivity contribution in [2.45, 2.75) is 18.8 Å². The molecule has 0 radical (unpaired) electrons. The lowest BCUT2D eigenvalue weighted by Gasteiger charge is -2.20. The number of nitrogens with zero attached hydrogens (tertiary/aromatic N) is 2. The van der Waals surface area contributed by atoms with Gasteiger partial charge in [-0.3, -0.25) is 14.8 Å². The minimum Gasteiger partial charge on any atom is -0.355 e. The fraction of sp³-hybridized carbons (Fsp3) is 0.222. The van der Waals surface area contributed by atoms with Crippen molar-refractivity contribution < 1.29 is 14.8 Å². The molecule has 3 N–H and O–H groups in total. The van der Waals surface area contributed by atoms with Crippen LogP contribution in [0.1, 0.15) is 29.3 Å². The summed E-state index contributed by atoms with van der Waals surface area (Å²) in [5, 5.41) is 12.1. The van der Waals surface area contributed by atoms with Crippen molar-refractivity contribution in [3.63, 3.8) is 0 Å². The third-order valence-electron chi connectivity index (χ3n) is 6.15. The molecule has 174 valence electrons. The van der Waals surface area contributed by atoms with Gasteiger partial charge in [0.05, 0.1) is 11.0 Å². The Kier molecular flexibility index (Phi) is 7.34. The van der Waals surface area contributed by atoms with Crippen LogP contribution in [0.4, 0.5) is 0 Å². The van der Waals surface area contributed by atoms with Crippen molar-refractivity contribution in [3.05, 3.63) is 102 Å². The Labute approximate surface area is 198 Å². The number of benzene rings is 3. The van der Waals surface area contributed by atoms with Crippen LogP contribution >= 0.6 is 0 Å². The number of carbonyl (C=O) groups is 2. The van der Waals surface area contributed by atoms with Gasteiger partial charge < -0.3 is 9.88 Å². The fourth-order valence-electron chi connectivity index (χ4n) is 4.30. The number of amides is 2. The van der Waals surface area contributed by atoms with E-state index < -0.39 is 17.7 Å². The van der Waals surface area contributed by atoms with Gasteiger partial charge in [-0.15, -0.1) is 0 Å². The summed E-state index contributed by atoms with van der Waals surface area (Å²) in [5.41, 5.74) is 5.65. The number of hydrogen-bond donors (Lipinski definition) is 3. The molecule has 2 amide bonds. The fourth-order valence-corrected chi connectivity index (χ4v) is 4.30. The number of hydroxylamine groups is 1. The zero-order valence-electron chi connectivity index (χ0n) is 19.0. The number of nitrogens with one attached hydrogen (secondary N) is 2. The maximum Gasteiger partial charge on any atom is 0.256 e. The van der Waals surface area contributed by atoms with Gasteiger partial charge in [-0.05, 0) is 29.7 Å². The zero-order chi connectivity index (χ0) is 23.9. The first-order chi connectivity index (χ1) is 16.6. The second kappa shape index (κ2) is 10.8. The molecule has 4 rings (SSSR count). The van der Waals surface area contributed by atoms with Crippen LogP contribution in [0.3, 0.4) is 0 Å². The summed E-state index contributed by atoms with van der Waals surface area (Å²) in [6.45, 7) is 0.380. The number of aryl methyl sites for hydroxylation is 1. The molecule has 0 aliphatic carbocycles. The first kappa shape index (κ1) is 23.2. The largest absolute Gasteiger partial charge is 0.355 e. The summed E-state index contributed by atoms with van der Waals surface area (Å²) in [6.07, 6.45) is 0.740. The van der Waals surface area contributed by atoms with Gasteiger partial charge in [-0.1, -0.05) is 72.8 Å². The molecular formula is C27H28N4O3. The molecule has 0 spiro atoms. The third kappa shape index (κ3) is 5.15. The van der Waals surface area contributed by atoms with Crippen LogP contribution in [0, 0.1) is 5.92 Å². The van der Waals surface area contributed by atoms with Crippen LogP contribution in [0.15, 0.2) is 84.9 Å². The van der Waals surface area contributed by atoms with E-state index in [1.54, 1.807) is 5.48 Å². The summed E-state index contributed by atoms with van der Waals surface area (Å²) in [7, 11) is 1.85. The molecule has 0 aliphatic rings. The van der Waals surface area contributed by atoms with Crippen molar-refractivity contribution >= 4 is 22.8 Å². The SMILES string of the molecule is Cn1c(CC(C(=O)NO)C(=O)NCCC(c2ccccc2)c2ccccc2)nc2ccccc21. The van der Waals surface area contributed by atoms with Crippen molar-refractivity contribution in [3.8, 4) is 0 Å². The molecule has 1 unspecified atom stereocenters. The molecule has 4 aromatic rings. The molecule has 0 saturated heterocycles. The van der Waals surface area contributed by atoms with Gasteiger partial charge in [-0.25, -0.2) is 10.5 Å². The molecule has 1 aromatic heterocycles. The normalized spacial score (nSPS) is 12.0. The minimum atomic E-state index is -1.10. The lowest BCUT2D eigenvalue weighted by Crippen LogP contribution is -2.42. The summed E-state index contributed by atoms with van der Waals surface area (Å²) >= 11 is 0. The highest BCUT2D eigenvalue weighted by Gasteiger charge is 2.29. The molecule has 0 aliphatic heterocycles. The first-order valence-electron chi connectivity index (χ1n) is 11.3. The Hall–Kier alpha value is -3.97. The van der Waals surface area contributed by atoms with Gasteiger partial charge in [-0.2, -0.15) is 0 Å². The van der Waals surface area contributed by atoms with Crippen LogP contribution in [0.5, 0.6) is 0 Å². The van der Waals surface area contributed by atoms with Crippen molar-refractivity contribution in [2.75, 3.05) is 6.54 Å². The van der Waals surface area contributed by atoms with Gasteiger partial charge in [0, 0.05) is 25.9 Å². The number of fused-ring (bicyclic) bond motifs is 1. The standard InChI is InChI=1S/C27H28N4O3/c1-31-24-15-9-8-14-23(24)29-25(31)18-22(27(33)30-34)26(32)28-17-16-21(19-10-4-2-5-11-19)20-12-6-3-7-13-20/h2-15,21-22,34H,16-18H2,1H3,(H,28,32)(H,30,33). The highest BCUT2D eigenvalue weighted by atomic mass is 16.5. The minimum absolute atomic E-state index is 0.0736. The summed E-state index contributed by atoms with van der Waals surface area (Å²) in [4.78, 5) is 29.9. The van der Waals surface area contributed by atoms with E-state index in [-0.39, 0.29) is 12.3 Å². The van der Waals surface area contributed by atoms with E-state index in [1.807, 2.05) is 72.3 Å². The van der Waals surface area contributed by atoms with E-state index in [1.165, 1.54) is 0 Å². The number of para-hydroxylation sites is 2. The summed E-state index contributed by atoms with van der Waals surface area (Å²) in [5.74, 6) is -1.61. The summed E-state index contributed by atoms with van der Waals surface area (Å²) < 4.78 is 1.86. The zero-order valence-corrected chi connectivity index (χ0v) is 19.0. The number of imidazole rings is 1. The molecule has 3 aromatic carbocycles. The molecule has 1 heterocycles. The van der Waals surface area contributed by atoms with Gasteiger partial charge >= 0.3 is 0 Å². The predicted octanol–water partition coefficient (Wildman–Crippen LogP) is 3.58. The number of aromatic nitrogens is 2. The molecule has 0 bridgehead atoms. The van der Waals surface area contributed by atoms with Gasteiger partial charge in [0.15, 0.2) is 0 Å². The van der Waals surface area contributed by atoms with Crippen LogP contribution in [-0.2, 0) is 23.1 Å². The molecular weight excluding hydrogens is 428 g/mol. The Morgan fingerprint density at radius 2 is 1.47 bits per heavy atom. The molecule has 34 heavy (non-hydrogen) atoms. The lowest BCUT2D eigenvalue weighted by atomic mass is 9.88. The van der Waals surface area contributed by atoms with Crippen LogP contribution in [0.25, 0.3) is 11.0 Å². The molecule has 1 atom stereocenters. The number of carbonyl (C=O) groups excluding carboxylic acids is 2. The van der Waals surface area contributed by atoms with Crippen LogP contribution in [0.2, 0.25) is 0 Å². The molecule has 7 nitrogen and oxygen atoms in total. The van der Waals surface area contributed by atoms with E-state index in [0.717, 1.165) is 22.2 Å². The summed E-state index contributed by atoms with van der Waals surface area (Å²) in [6, 6.07) is 27.9. The van der Waals surface area contributed by atoms with E-state index in [0.29, 0.717) is 18.8 Å². The average Bonchev–Trinajstić information content (AvgIpc) is 3.20. The smallest absolute Gasteiger partial charge is 0.256 e. The number of hydrogen-bond acceptors (Lipinski definition) is 4. The van der Waals surface area contributed by atoms with Gasteiger partial charge in [0.1, 0.15) is 11.7 Å². The maximum atomic E-state index is 13.0. The van der Waals surface area contributed by atoms with Crippen molar-refractivity contribution in [2.24, 2.45) is 13.0 Å². The van der Waals surface area contributed by atoms with Crippen molar-refractivity contribution in [1.29, 1.82) is 0 Å². The van der Waals surface area contributed by atoms with Crippen LogP contribution in [-0.4, -0.2) is 33.1 Å².